The maximum absolute atomic E-state index is 14.3. The molecule has 1 heterocycles. The van der Waals surface area contributed by atoms with Crippen LogP contribution in [0.2, 0.25) is 0 Å². The molecule has 10 nitrogen and oxygen atoms in total. The van der Waals surface area contributed by atoms with Gasteiger partial charge in [-0.1, -0.05) is 42.5 Å². The minimum atomic E-state index is -2.08. The SMILES string of the molecule is CC=CC=Cc1cc2cc3c(c(O)c2c(=O)[nH]1)[C@@]1(CC3)C(=O)c2c(O)c3c(c(O)c2C1=O)C(=O)C(=Nc1ccccc1)CC3=O. The molecule has 45 heavy (non-hydrogen) atoms. The lowest BCUT2D eigenvalue weighted by molar-refractivity contribution is 0.0790. The van der Waals surface area contributed by atoms with Crippen molar-refractivity contribution >= 4 is 51.4 Å². The Hall–Kier alpha value is -5.90. The first-order valence-corrected chi connectivity index (χ1v) is 14.2. The van der Waals surface area contributed by atoms with Crippen LogP contribution in [0.15, 0.2) is 70.5 Å². The second-order valence-corrected chi connectivity index (χ2v) is 11.2. The van der Waals surface area contributed by atoms with Crippen molar-refractivity contribution in [3.63, 3.8) is 0 Å². The van der Waals surface area contributed by atoms with Crippen LogP contribution in [0, 0.1) is 0 Å². The number of Topliss-reactive ketones (excluding diaryl/α,β-unsaturated/α-hetero) is 4. The highest BCUT2D eigenvalue weighted by molar-refractivity contribution is 6.54. The van der Waals surface area contributed by atoms with Crippen LogP contribution >= 0.6 is 0 Å². The molecule has 0 aliphatic heterocycles. The molecule has 0 amide bonds. The van der Waals surface area contributed by atoms with Crippen molar-refractivity contribution in [3.05, 3.63) is 110 Å². The first kappa shape index (κ1) is 27.9. The predicted octanol–water partition coefficient (Wildman–Crippen LogP) is 5.04. The summed E-state index contributed by atoms with van der Waals surface area (Å²) in [6.07, 6.45) is 6.54. The minimum Gasteiger partial charge on any atom is -0.507 e. The van der Waals surface area contributed by atoms with E-state index in [9.17, 15) is 39.3 Å². The molecule has 0 bridgehead atoms. The highest BCUT2D eigenvalue weighted by atomic mass is 16.3. The topological polar surface area (TPSA) is 174 Å². The molecule has 4 aromatic rings. The lowest BCUT2D eigenvalue weighted by atomic mass is 9.76. The number of rotatable bonds is 3. The summed E-state index contributed by atoms with van der Waals surface area (Å²) >= 11 is 0. The largest absolute Gasteiger partial charge is 0.507 e. The number of allylic oxidation sites excluding steroid dienone is 3. The number of nitrogens with zero attached hydrogens (tertiary/aromatic N) is 1. The molecule has 1 spiro atoms. The molecular weight excluding hydrogens is 576 g/mol. The van der Waals surface area contributed by atoms with E-state index in [-0.39, 0.29) is 29.5 Å². The summed E-state index contributed by atoms with van der Waals surface area (Å²) in [5.74, 6) is -5.85. The van der Waals surface area contributed by atoms with Gasteiger partial charge in [0, 0.05) is 11.3 Å². The Morgan fingerprint density at radius 3 is 2.22 bits per heavy atom. The molecule has 0 fully saturated rings. The first-order chi connectivity index (χ1) is 21.6. The van der Waals surface area contributed by atoms with Crippen molar-refractivity contribution < 1.29 is 34.5 Å². The van der Waals surface area contributed by atoms with Crippen LogP contribution < -0.4 is 5.56 Å². The lowest BCUT2D eigenvalue weighted by Crippen LogP contribution is -2.36. The molecule has 3 aliphatic rings. The quantitative estimate of drug-likeness (QED) is 0.144. The lowest BCUT2D eigenvalue weighted by Gasteiger charge is -2.22. The third-order valence-electron chi connectivity index (χ3n) is 8.78. The van der Waals surface area contributed by atoms with Crippen LogP contribution in [-0.2, 0) is 11.8 Å². The molecule has 0 radical (unpaired) electrons. The maximum atomic E-state index is 14.3. The Bertz CT molecular complexity index is 2220. The van der Waals surface area contributed by atoms with Crippen molar-refractivity contribution in [2.24, 2.45) is 4.99 Å². The average Bonchev–Trinajstić information content (AvgIpc) is 3.50. The van der Waals surface area contributed by atoms with E-state index in [0.717, 1.165) is 0 Å². The molecule has 222 valence electrons. The number of carbonyl (C=O) groups is 4. The van der Waals surface area contributed by atoms with Gasteiger partial charge in [0.2, 0.25) is 5.78 Å². The molecule has 0 saturated carbocycles. The zero-order valence-electron chi connectivity index (χ0n) is 23.8. The summed E-state index contributed by atoms with van der Waals surface area (Å²) < 4.78 is 0. The monoisotopic (exact) mass is 600 g/mol. The van der Waals surface area contributed by atoms with Gasteiger partial charge in [0.05, 0.1) is 45.5 Å². The van der Waals surface area contributed by atoms with E-state index in [2.05, 4.69) is 9.98 Å². The molecule has 7 rings (SSSR count). The van der Waals surface area contributed by atoms with E-state index < -0.39 is 80.0 Å². The van der Waals surface area contributed by atoms with E-state index in [1.807, 2.05) is 13.0 Å². The van der Waals surface area contributed by atoms with E-state index in [0.29, 0.717) is 22.3 Å². The van der Waals surface area contributed by atoms with E-state index in [1.165, 1.54) is 0 Å². The third kappa shape index (κ3) is 3.75. The van der Waals surface area contributed by atoms with E-state index in [4.69, 9.17) is 0 Å². The summed E-state index contributed by atoms with van der Waals surface area (Å²) in [7, 11) is 0. The zero-order chi connectivity index (χ0) is 31.8. The number of aromatic nitrogens is 1. The summed E-state index contributed by atoms with van der Waals surface area (Å²) in [5, 5.41) is 34.5. The Labute approximate surface area is 254 Å². The number of hydrogen-bond acceptors (Lipinski definition) is 9. The molecule has 1 atom stereocenters. The van der Waals surface area contributed by atoms with Crippen molar-refractivity contribution in [2.45, 2.75) is 31.6 Å². The number of aryl methyl sites for hydroxylation is 1. The number of aliphatic imine (C=N–C) groups is 1. The normalized spacial score (nSPS) is 19.9. The van der Waals surface area contributed by atoms with Crippen LogP contribution in [0.25, 0.3) is 16.8 Å². The maximum Gasteiger partial charge on any atom is 0.260 e. The van der Waals surface area contributed by atoms with Gasteiger partial charge in [-0.3, -0.25) is 24.0 Å². The molecule has 4 N–H and O–H groups in total. The highest BCUT2D eigenvalue weighted by Gasteiger charge is 2.61. The first-order valence-electron chi connectivity index (χ1n) is 14.2. The van der Waals surface area contributed by atoms with Gasteiger partial charge >= 0.3 is 0 Å². The Balaban J connectivity index is 1.41. The summed E-state index contributed by atoms with van der Waals surface area (Å²) in [6.45, 7) is 1.84. The smallest absolute Gasteiger partial charge is 0.260 e. The number of nitrogens with one attached hydrogen (secondary N) is 1. The van der Waals surface area contributed by atoms with Crippen LogP contribution in [0.4, 0.5) is 5.69 Å². The van der Waals surface area contributed by atoms with Crippen LogP contribution in [-0.4, -0.2) is 49.1 Å². The second-order valence-electron chi connectivity index (χ2n) is 11.2. The molecule has 10 heteroatoms. The predicted molar refractivity (Wildman–Crippen MR) is 165 cm³/mol. The molecule has 0 saturated heterocycles. The van der Waals surface area contributed by atoms with E-state index >= 15 is 0 Å². The Kier molecular flexibility index (Phi) is 6.09. The second kappa shape index (κ2) is 9.81. The molecule has 3 aromatic carbocycles. The average molecular weight is 601 g/mol. The molecular formula is C35H24N2O8. The number of H-pyrrole nitrogens is 1. The van der Waals surface area contributed by atoms with Crippen molar-refractivity contribution in [2.75, 3.05) is 0 Å². The Morgan fingerprint density at radius 2 is 1.53 bits per heavy atom. The van der Waals surface area contributed by atoms with Gasteiger partial charge in [-0.2, -0.15) is 0 Å². The molecule has 0 unspecified atom stereocenters. The van der Waals surface area contributed by atoms with Crippen LogP contribution in [0.1, 0.15) is 78.0 Å². The fraction of sp³-hybridized carbons (Fsp3) is 0.143. The highest BCUT2D eigenvalue weighted by Crippen LogP contribution is 2.57. The van der Waals surface area contributed by atoms with Crippen molar-refractivity contribution in [1.29, 1.82) is 0 Å². The van der Waals surface area contributed by atoms with E-state index in [1.54, 1.807) is 60.7 Å². The zero-order valence-corrected chi connectivity index (χ0v) is 23.8. The van der Waals surface area contributed by atoms with Crippen LogP contribution in [0.3, 0.4) is 0 Å². The Morgan fingerprint density at radius 1 is 0.844 bits per heavy atom. The number of fused-ring (bicyclic) bond motifs is 5. The number of aromatic hydroxyl groups is 3. The van der Waals surface area contributed by atoms with Gasteiger partial charge in [0.25, 0.3) is 5.56 Å². The summed E-state index contributed by atoms with van der Waals surface area (Å²) in [5.41, 5.74) is -4.09. The summed E-state index contributed by atoms with van der Waals surface area (Å²) in [6, 6.07) is 11.7. The number of para-hydroxylation sites is 1. The number of pyridine rings is 1. The number of carbonyl (C=O) groups excluding carboxylic acids is 4. The van der Waals surface area contributed by atoms with Gasteiger partial charge in [0.1, 0.15) is 22.7 Å². The number of phenolic OH excluding ortho intramolecular Hbond substituents is 3. The van der Waals surface area contributed by atoms with Crippen molar-refractivity contribution in [3.8, 4) is 17.2 Å². The van der Waals surface area contributed by atoms with Crippen molar-refractivity contribution in [1.82, 2.24) is 4.98 Å². The minimum absolute atomic E-state index is 0.0929. The number of benzene rings is 3. The van der Waals surface area contributed by atoms with Gasteiger partial charge < -0.3 is 20.3 Å². The number of phenols is 3. The van der Waals surface area contributed by atoms with Crippen LogP contribution in [0.5, 0.6) is 17.2 Å². The van der Waals surface area contributed by atoms with Gasteiger partial charge in [0.15, 0.2) is 17.3 Å². The van der Waals surface area contributed by atoms with Gasteiger partial charge in [-0.25, -0.2) is 4.99 Å². The standard InChI is InChI=1S/C35H24N2O8/c1-2-3-5-10-19-14-17-13-16-11-12-35(27(16)31(42)22(17)34(45)37-19)32(43)25-26(33(35)44)30(41)24-23(29(25)40)21(38)15-20(28(24)39)36-18-8-6-4-7-9-18/h2-10,13-14,40-42H,11-12,15H2,1H3,(H,37,45)/t35-/m0/s1. The molecule has 1 aromatic heterocycles. The van der Waals surface area contributed by atoms with Gasteiger partial charge in [-0.15, -0.1) is 0 Å². The fourth-order valence-electron chi connectivity index (χ4n) is 6.83. The number of hydrogen-bond donors (Lipinski definition) is 4. The summed E-state index contributed by atoms with van der Waals surface area (Å²) in [4.78, 5) is 75.3. The third-order valence-corrected chi connectivity index (χ3v) is 8.78. The van der Waals surface area contributed by atoms with Gasteiger partial charge in [-0.05, 0) is 55.0 Å². The fourth-order valence-corrected chi connectivity index (χ4v) is 6.83. The number of ketones is 4. The molecule has 3 aliphatic carbocycles. The number of aromatic amines is 1.